The third-order valence-corrected chi connectivity index (χ3v) is 4.92. The van der Waals surface area contributed by atoms with Crippen molar-refractivity contribution in [2.45, 2.75) is 19.8 Å². The first-order valence-corrected chi connectivity index (χ1v) is 8.52. The van der Waals surface area contributed by atoms with Crippen LogP contribution in [0.4, 0.5) is 0 Å². The van der Waals surface area contributed by atoms with Gasteiger partial charge in [0.25, 0.3) is 0 Å². The third kappa shape index (κ3) is 3.06. The number of fused-ring (bicyclic) bond motifs is 1. The highest BCUT2D eigenvalue weighted by molar-refractivity contribution is 9.10. The Labute approximate surface area is 148 Å². The van der Waals surface area contributed by atoms with Gasteiger partial charge in [0.05, 0.1) is 11.8 Å². The molecule has 0 N–H and O–H groups in total. The third-order valence-electron chi connectivity index (χ3n) is 4.20. The van der Waals surface area contributed by atoms with Gasteiger partial charge in [0.1, 0.15) is 22.9 Å². The van der Waals surface area contributed by atoms with Crippen LogP contribution in [0, 0.1) is 5.92 Å². The Bertz CT molecular complexity index is 863. The fraction of sp³-hybridized carbons (Fsp3) is 0.200. The van der Waals surface area contributed by atoms with Crippen molar-refractivity contribution in [2.75, 3.05) is 0 Å². The van der Waals surface area contributed by atoms with E-state index in [-0.39, 0.29) is 11.6 Å². The maximum atomic E-state index is 12.2. The Balaban J connectivity index is 2.23. The van der Waals surface area contributed by atoms with Crippen LogP contribution in [0.25, 0.3) is 11.0 Å². The summed E-state index contributed by atoms with van der Waals surface area (Å²) in [4.78, 5) is 24.4. The van der Waals surface area contributed by atoms with Gasteiger partial charge in [0, 0.05) is 9.86 Å². The van der Waals surface area contributed by atoms with E-state index in [1.165, 1.54) is 13.8 Å². The predicted molar refractivity (Wildman–Crippen MR) is 97.1 cm³/mol. The minimum absolute atomic E-state index is 0.163. The lowest BCUT2D eigenvalue weighted by Gasteiger charge is -2.23. The van der Waals surface area contributed by atoms with Crippen LogP contribution in [0.5, 0.6) is 0 Å². The maximum Gasteiger partial charge on any atom is 0.141 e. The summed E-state index contributed by atoms with van der Waals surface area (Å²) in [6.45, 7) is 2.91. The van der Waals surface area contributed by atoms with Gasteiger partial charge in [-0.15, -0.1) is 0 Å². The van der Waals surface area contributed by atoms with Gasteiger partial charge >= 0.3 is 0 Å². The van der Waals surface area contributed by atoms with Crippen LogP contribution >= 0.6 is 15.9 Å². The Kier molecular flexibility index (Phi) is 4.67. The highest BCUT2D eigenvalue weighted by atomic mass is 79.9. The molecule has 0 radical (unpaired) electrons. The SMILES string of the molecule is CC(=O)C(C(C)=O)C(c1cc2ccccc2o1)c1ccccc1Br. The molecule has 1 unspecified atom stereocenters. The molecular weight excluding hydrogens is 368 g/mol. The summed E-state index contributed by atoms with van der Waals surface area (Å²) in [5, 5.41) is 0.954. The van der Waals surface area contributed by atoms with E-state index in [4.69, 9.17) is 4.42 Å². The highest BCUT2D eigenvalue weighted by Crippen LogP contribution is 2.39. The van der Waals surface area contributed by atoms with E-state index in [1.54, 1.807) is 0 Å². The molecule has 1 atom stereocenters. The second-order valence-corrected chi connectivity index (χ2v) is 6.74. The standard InChI is InChI=1S/C20H17BrO3/c1-12(22)19(13(2)23)20(15-8-4-5-9-16(15)21)18-11-14-7-3-6-10-17(14)24-18/h3-11,19-20H,1-2H3. The number of rotatable bonds is 5. The maximum absolute atomic E-state index is 12.2. The number of halogens is 1. The number of carbonyl (C=O) groups excluding carboxylic acids is 2. The second-order valence-electron chi connectivity index (χ2n) is 5.88. The van der Waals surface area contributed by atoms with E-state index in [0.29, 0.717) is 5.76 Å². The molecule has 122 valence electrons. The molecule has 0 aliphatic heterocycles. The molecule has 0 spiro atoms. The summed E-state index contributed by atoms with van der Waals surface area (Å²) in [6.07, 6.45) is 0. The lowest BCUT2D eigenvalue weighted by molar-refractivity contribution is -0.131. The number of furan rings is 1. The molecule has 0 saturated carbocycles. The average Bonchev–Trinajstić information content (AvgIpc) is 2.96. The van der Waals surface area contributed by atoms with E-state index in [2.05, 4.69) is 15.9 Å². The predicted octanol–water partition coefficient (Wildman–Crippen LogP) is 5.12. The van der Waals surface area contributed by atoms with Crippen molar-refractivity contribution in [1.29, 1.82) is 0 Å². The Morgan fingerprint density at radius 2 is 1.58 bits per heavy atom. The summed E-state index contributed by atoms with van der Waals surface area (Å²) in [5.74, 6) is -0.932. The van der Waals surface area contributed by atoms with Gasteiger partial charge in [0.2, 0.25) is 0 Å². The highest BCUT2D eigenvalue weighted by Gasteiger charge is 2.35. The van der Waals surface area contributed by atoms with E-state index < -0.39 is 11.8 Å². The minimum atomic E-state index is -0.774. The quantitative estimate of drug-likeness (QED) is 0.573. The van der Waals surface area contributed by atoms with Crippen LogP contribution in [0.3, 0.4) is 0 Å². The molecule has 0 fully saturated rings. The van der Waals surface area contributed by atoms with Crippen molar-refractivity contribution in [3.8, 4) is 0 Å². The fourth-order valence-corrected chi connectivity index (χ4v) is 3.67. The van der Waals surface area contributed by atoms with Crippen molar-refractivity contribution in [3.63, 3.8) is 0 Å². The van der Waals surface area contributed by atoms with Gasteiger partial charge in [-0.1, -0.05) is 52.3 Å². The first kappa shape index (κ1) is 16.7. The largest absolute Gasteiger partial charge is 0.460 e. The van der Waals surface area contributed by atoms with Gasteiger partial charge in [-0.25, -0.2) is 0 Å². The van der Waals surface area contributed by atoms with Crippen LogP contribution in [0.1, 0.15) is 31.1 Å². The van der Waals surface area contributed by atoms with Crippen LogP contribution < -0.4 is 0 Å². The van der Waals surface area contributed by atoms with Gasteiger partial charge < -0.3 is 4.42 Å². The van der Waals surface area contributed by atoms with Gasteiger partial charge in [0.15, 0.2) is 0 Å². The molecule has 0 aliphatic carbocycles. The zero-order valence-electron chi connectivity index (χ0n) is 13.5. The number of para-hydroxylation sites is 1. The Morgan fingerprint density at radius 3 is 2.21 bits per heavy atom. The first-order chi connectivity index (χ1) is 11.5. The molecule has 0 aliphatic rings. The summed E-state index contributed by atoms with van der Waals surface area (Å²) in [5.41, 5.74) is 1.61. The van der Waals surface area contributed by atoms with Crippen molar-refractivity contribution in [2.24, 2.45) is 5.92 Å². The number of hydrogen-bond acceptors (Lipinski definition) is 3. The number of carbonyl (C=O) groups is 2. The smallest absolute Gasteiger partial charge is 0.141 e. The van der Waals surface area contributed by atoms with Crippen LogP contribution in [-0.2, 0) is 9.59 Å². The molecule has 24 heavy (non-hydrogen) atoms. The monoisotopic (exact) mass is 384 g/mol. The van der Waals surface area contributed by atoms with Crippen LogP contribution in [0.15, 0.2) is 63.5 Å². The zero-order valence-corrected chi connectivity index (χ0v) is 15.0. The molecule has 2 aromatic carbocycles. The minimum Gasteiger partial charge on any atom is -0.460 e. The van der Waals surface area contributed by atoms with Crippen LogP contribution in [-0.4, -0.2) is 11.6 Å². The lowest BCUT2D eigenvalue weighted by Crippen LogP contribution is -2.27. The normalized spacial score (nSPS) is 12.5. The van der Waals surface area contributed by atoms with Crippen molar-refractivity contribution in [3.05, 3.63) is 70.4 Å². The molecule has 3 nitrogen and oxygen atoms in total. The molecule has 0 amide bonds. The van der Waals surface area contributed by atoms with Gasteiger partial charge in [-0.3, -0.25) is 9.59 Å². The van der Waals surface area contributed by atoms with Crippen molar-refractivity contribution in [1.82, 2.24) is 0 Å². The van der Waals surface area contributed by atoms with E-state index in [9.17, 15) is 9.59 Å². The topological polar surface area (TPSA) is 47.3 Å². The number of hydrogen-bond donors (Lipinski definition) is 0. The van der Waals surface area contributed by atoms with E-state index >= 15 is 0 Å². The Hall–Kier alpha value is -2.20. The molecule has 3 rings (SSSR count). The fourth-order valence-electron chi connectivity index (χ4n) is 3.14. The van der Waals surface area contributed by atoms with Crippen molar-refractivity contribution >= 4 is 38.5 Å². The van der Waals surface area contributed by atoms with Crippen molar-refractivity contribution < 1.29 is 14.0 Å². The average molecular weight is 385 g/mol. The van der Waals surface area contributed by atoms with E-state index in [1.807, 2.05) is 54.6 Å². The molecular formula is C20H17BrO3. The summed E-state index contributed by atoms with van der Waals surface area (Å²) in [7, 11) is 0. The molecule has 0 saturated heterocycles. The number of benzene rings is 2. The second kappa shape index (κ2) is 6.73. The molecule has 0 bridgehead atoms. The van der Waals surface area contributed by atoms with Gasteiger partial charge in [-0.05, 0) is 37.6 Å². The summed E-state index contributed by atoms with van der Waals surface area (Å²) in [6, 6.07) is 17.2. The molecule has 1 heterocycles. The summed E-state index contributed by atoms with van der Waals surface area (Å²) < 4.78 is 6.85. The van der Waals surface area contributed by atoms with E-state index in [0.717, 1.165) is 21.0 Å². The molecule has 4 heteroatoms. The van der Waals surface area contributed by atoms with Crippen LogP contribution in [0.2, 0.25) is 0 Å². The number of ketones is 2. The molecule has 1 aromatic heterocycles. The number of Topliss-reactive ketones (excluding diaryl/α,β-unsaturated/α-hetero) is 2. The lowest BCUT2D eigenvalue weighted by atomic mass is 9.79. The zero-order chi connectivity index (χ0) is 17.3. The Morgan fingerprint density at radius 1 is 0.958 bits per heavy atom. The first-order valence-electron chi connectivity index (χ1n) is 7.73. The molecule has 3 aromatic rings. The summed E-state index contributed by atoms with van der Waals surface area (Å²) >= 11 is 3.54. The van der Waals surface area contributed by atoms with Gasteiger partial charge in [-0.2, -0.15) is 0 Å².